The van der Waals surface area contributed by atoms with Gasteiger partial charge in [-0.25, -0.2) is 4.79 Å². The molecule has 0 saturated carbocycles. The topological polar surface area (TPSA) is 91.0 Å². The highest BCUT2D eigenvalue weighted by molar-refractivity contribution is 5.94. The van der Waals surface area contributed by atoms with Crippen molar-refractivity contribution in [3.05, 3.63) is 24.2 Å². The van der Waals surface area contributed by atoms with Gasteiger partial charge in [0.2, 0.25) is 0 Å². The van der Waals surface area contributed by atoms with Crippen LogP contribution in [0.3, 0.4) is 0 Å². The van der Waals surface area contributed by atoms with Crippen molar-refractivity contribution in [1.82, 2.24) is 4.90 Å². The number of carboxylic acid groups (broad SMARTS) is 1. The Hall–Kier alpha value is -1.82. The second-order valence-electron chi connectivity index (χ2n) is 3.68. The normalized spacial score (nSPS) is 24.7. The summed E-state index contributed by atoms with van der Waals surface area (Å²) in [6.45, 7) is 0.0243. The van der Waals surface area contributed by atoms with Gasteiger partial charge in [-0.2, -0.15) is 0 Å². The van der Waals surface area contributed by atoms with Crippen LogP contribution in [0, 0.1) is 0 Å². The van der Waals surface area contributed by atoms with E-state index in [9.17, 15) is 14.7 Å². The van der Waals surface area contributed by atoms with Gasteiger partial charge in [-0.3, -0.25) is 4.79 Å². The first-order chi connectivity index (χ1) is 7.59. The molecule has 1 saturated heterocycles. The number of carbonyl (C=O) groups is 2. The number of furan rings is 1. The van der Waals surface area contributed by atoms with Gasteiger partial charge in [0.1, 0.15) is 6.04 Å². The Morgan fingerprint density at radius 3 is 2.81 bits per heavy atom. The fraction of sp³-hybridized carbons (Fsp3) is 0.400. The largest absolute Gasteiger partial charge is 0.480 e. The second-order valence-corrected chi connectivity index (χ2v) is 3.68. The van der Waals surface area contributed by atoms with Crippen LogP contribution in [-0.4, -0.2) is 45.7 Å². The van der Waals surface area contributed by atoms with Crippen molar-refractivity contribution in [2.45, 2.75) is 18.6 Å². The van der Waals surface area contributed by atoms with Gasteiger partial charge < -0.3 is 19.5 Å². The number of aliphatic hydroxyl groups excluding tert-OH is 1. The highest BCUT2D eigenvalue weighted by Gasteiger charge is 2.39. The zero-order chi connectivity index (χ0) is 11.7. The Balaban J connectivity index is 2.20. The molecule has 2 rings (SSSR count). The van der Waals surface area contributed by atoms with E-state index in [4.69, 9.17) is 9.52 Å². The number of amides is 1. The molecule has 1 aromatic heterocycles. The second kappa shape index (κ2) is 3.97. The molecule has 1 fully saturated rings. The number of aliphatic hydroxyl groups is 1. The van der Waals surface area contributed by atoms with Crippen LogP contribution >= 0.6 is 0 Å². The molecule has 1 aromatic rings. The summed E-state index contributed by atoms with van der Waals surface area (Å²) in [4.78, 5) is 23.8. The summed E-state index contributed by atoms with van der Waals surface area (Å²) in [6, 6.07) is 2.04. The third-order valence-corrected chi connectivity index (χ3v) is 2.56. The highest BCUT2D eigenvalue weighted by atomic mass is 16.4. The zero-order valence-corrected chi connectivity index (χ0v) is 8.37. The Morgan fingerprint density at radius 2 is 2.25 bits per heavy atom. The molecule has 0 aromatic carbocycles. The van der Waals surface area contributed by atoms with Gasteiger partial charge in [0.25, 0.3) is 5.91 Å². The summed E-state index contributed by atoms with van der Waals surface area (Å²) < 4.78 is 4.91. The lowest BCUT2D eigenvalue weighted by molar-refractivity contribution is -0.141. The Kier molecular flexibility index (Phi) is 2.66. The lowest BCUT2D eigenvalue weighted by Crippen LogP contribution is -2.40. The predicted octanol–water partition coefficient (Wildman–Crippen LogP) is -0.0604. The number of likely N-dealkylation sites (tertiary alicyclic amines) is 1. The van der Waals surface area contributed by atoms with Crippen molar-refractivity contribution in [3.63, 3.8) is 0 Å². The molecular weight excluding hydrogens is 214 g/mol. The van der Waals surface area contributed by atoms with Crippen molar-refractivity contribution in [2.75, 3.05) is 6.54 Å². The van der Waals surface area contributed by atoms with Gasteiger partial charge in [-0.15, -0.1) is 0 Å². The molecule has 2 heterocycles. The molecule has 6 heteroatoms. The first-order valence-corrected chi connectivity index (χ1v) is 4.85. The number of hydrogen-bond donors (Lipinski definition) is 2. The molecule has 1 aliphatic heterocycles. The van der Waals surface area contributed by atoms with Crippen molar-refractivity contribution >= 4 is 11.9 Å². The minimum absolute atomic E-state index is 0.0243. The molecular formula is C10H11NO5. The lowest BCUT2D eigenvalue weighted by atomic mass is 10.2. The van der Waals surface area contributed by atoms with E-state index in [1.165, 1.54) is 12.3 Å². The van der Waals surface area contributed by atoms with Gasteiger partial charge in [-0.1, -0.05) is 0 Å². The van der Waals surface area contributed by atoms with Gasteiger partial charge in [0, 0.05) is 13.0 Å². The standard InChI is InChI=1S/C10H11NO5/c12-6-4-7(10(14)15)11(5-6)9(13)8-2-1-3-16-8/h1-3,6-7,12H,4-5H2,(H,14,15)/t6?,7-/m0/s1. The maximum Gasteiger partial charge on any atom is 0.326 e. The van der Waals surface area contributed by atoms with E-state index in [-0.39, 0.29) is 18.7 Å². The lowest BCUT2D eigenvalue weighted by Gasteiger charge is -2.19. The van der Waals surface area contributed by atoms with Crippen LogP contribution in [0.5, 0.6) is 0 Å². The molecule has 86 valence electrons. The summed E-state index contributed by atoms with van der Waals surface area (Å²) >= 11 is 0. The molecule has 0 aliphatic carbocycles. The molecule has 0 spiro atoms. The Bertz CT molecular complexity index is 399. The van der Waals surface area contributed by atoms with Gasteiger partial charge in [0.15, 0.2) is 5.76 Å². The molecule has 0 bridgehead atoms. The molecule has 6 nitrogen and oxygen atoms in total. The number of carboxylic acids is 1. The first-order valence-electron chi connectivity index (χ1n) is 4.85. The van der Waals surface area contributed by atoms with Crippen LogP contribution in [0.2, 0.25) is 0 Å². The zero-order valence-electron chi connectivity index (χ0n) is 8.37. The van der Waals surface area contributed by atoms with Crippen molar-refractivity contribution < 1.29 is 24.2 Å². The van der Waals surface area contributed by atoms with E-state index < -0.39 is 24.0 Å². The van der Waals surface area contributed by atoms with Gasteiger partial charge in [-0.05, 0) is 12.1 Å². The number of β-amino-alcohol motifs (C(OH)–C–C–N with tert-alkyl or cyclic N) is 1. The minimum atomic E-state index is -1.11. The molecule has 16 heavy (non-hydrogen) atoms. The summed E-state index contributed by atoms with van der Waals surface area (Å²) in [6.07, 6.45) is 0.608. The van der Waals surface area contributed by atoms with Crippen LogP contribution in [0.1, 0.15) is 17.0 Å². The maximum atomic E-state index is 11.8. The summed E-state index contributed by atoms with van der Waals surface area (Å²) in [7, 11) is 0. The molecule has 0 radical (unpaired) electrons. The van der Waals surface area contributed by atoms with Gasteiger partial charge in [0.05, 0.1) is 12.4 Å². The number of nitrogens with zero attached hydrogens (tertiary/aromatic N) is 1. The molecule has 2 N–H and O–H groups in total. The van der Waals surface area contributed by atoms with Crippen LogP contribution < -0.4 is 0 Å². The first kappa shape index (κ1) is 10.7. The van der Waals surface area contributed by atoms with E-state index >= 15 is 0 Å². The summed E-state index contributed by atoms with van der Waals surface area (Å²) in [5, 5.41) is 18.3. The SMILES string of the molecule is O=C(O)[C@@H]1CC(O)CN1C(=O)c1ccco1. The van der Waals surface area contributed by atoms with Crippen LogP contribution in [0.4, 0.5) is 0 Å². The summed E-state index contributed by atoms with van der Waals surface area (Å²) in [5.41, 5.74) is 0. The van der Waals surface area contributed by atoms with E-state index in [1.807, 2.05) is 0 Å². The van der Waals surface area contributed by atoms with Crippen molar-refractivity contribution in [3.8, 4) is 0 Å². The van der Waals surface area contributed by atoms with E-state index in [1.54, 1.807) is 6.07 Å². The van der Waals surface area contributed by atoms with Crippen LogP contribution in [0.15, 0.2) is 22.8 Å². The smallest absolute Gasteiger partial charge is 0.326 e. The molecule has 1 amide bonds. The van der Waals surface area contributed by atoms with E-state index in [2.05, 4.69) is 0 Å². The Labute approximate surface area is 91.1 Å². The van der Waals surface area contributed by atoms with Crippen LogP contribution in [0.25, 0.3) is 0 Å². The third kappa shape index (κ3) is 1.79. The number of hydrogen-bond acceptors (Lipinski definition) is 4. The molecule has 1 aliphatic rings. The fourth-order valence-electron chi connectivity index (χ4n) is 1.81. The van der Waals surface area contributed by atoms with E-state index in [0.29, 0.717) is 0 Å². The van der Waals surface area contributed by atoms with E-state index in [0.717, 1.165) is 4.90 Å². The third-order valence-electron chi connectivity index (χ3n) is 2.56. The average molecular weight is 225 g/mol. The number of aliphatic carboxylic acids is 1. The average Bonchev–Trinajstić information content (AvgIpc) is 2.84. The molecule has 1 unspecified atom stereocenters. The number of carbonyl (C=O) groups excluding carboxylic acids is 1. The van der Waals surface area contributed by atoms with Crippen LogP contribution in [-0.2, 0) is 4.79 Å². The quantitative estimate of drug-likeness (QED) is 0.735. The fourth-order valence-corrected chi connectivity index (χ4v) is 1.81. The number of rotatable bonds is 2. The van der Waals surface area contributed by atoms with Gasteiger partial charge >= 0.3 is 5.97 Å². The predicted molar refractivity (Wildman–Crippen MR) is 51.8 cm³/mol. The minimum Gasteiger partial charge on any atom is -0.480 e. The maximum absolute atomic E-state index is 11.8. The van der Waals surface area contributed by atoms with Crippen molar-refractivity contribution in [2.24, 2.45) is 0 Å². The molecule has 2 atom stereocenters. The Morgan fingerprint density at radius 1 is 1.50 bits per heavy atom. The summed E-state index contributed by atoms with van der Waals surface area (Å²) in [5.74, 6) is -1.54. The monoisotopic (exact) mass is 225 g/mol. The highest BCUT2D eigenvalue weighted by Crippen LogP contribution is 2.20. The van der Waals surface area contributed by atoms with Crippen molar-refractivity contribution in [1.29, 1.82) is 0 Å².